The fourth-order valence-electron chi connectivity index (χ4n) is 2.24. The van der Waals surface area contributed by atoms with Crippen LogP contribution in [-0.2, 0) is 0 Å². The quantitative estimate of drug-likeness (QED) is 0.714. The van der Waals surface area contributed by atoms with Crippen molar-refractivity contribution in [1.29, 1.82) is 0 Å². The van der Waals surface area contributed by atoms with Crippen molar-refractivity contribution >= 4 is 0 Å². The predicted octanol–water partition coefficient (Wildman–Crippen LogP) is 1.53. The molecule has 16 heavy (non-hydrogen) atoms. The molecule has 1 heterocycles. The van der Waals surface area contributed by atoms with E-state index >= 15 is 0 Å². The minimum Gasteiger partial charge on any atom is -0.508 e. The van der Waals surface area contributed by atoms with Gasteiger partial charge < -0.3 is 16.2 Å². The summed E-state index contributed by atoms with van der Waals surface area (Å²) in [4.78, 5) is 0. The van der Waals surface area contributed by atoms with Crippen LogP contribution in [-0.4, -0.2) is 18.2 Å². The molecule has 88 valence electrons. The molecule has 1 fully saturated rings. The van der Waals surface area contributed by atoms with Crippen LogP contribution in [0.25, 0.3) is 0 Å². The number of nitrogens with two attached hydrogens (primary N) is 1. The first-order valence-electron chi connectivity index (χ1n) is 5.63. The van der Waals surface area contributed by atoms with Gasteiger partial charge in [-0.1, -0.05) is 6.07 Å². The van der Waals surface area contributed by atoms with Crippen LogP contribution in [0, 0.1) is 11.7 Å². The summed E-state index contributed by atoms with van der Waals surface area (Å²) in [6.07, 6.45) is 1.95. The summed E-state index contributed by atoms with van der Waals surface area (Å²) in [6.45, 7) is 1.89. The Morgan fingerprint density at radius 1 is 1.38 bits per heavy atom. The number of hydrogen-bond acceptors (Lipinski definition) is 3. The van der Waals surface area contributed by atoms with E-state index in [2.05, 4.69) is 5.32 Å². The summed E-state index contributed by atoms with van der Waals surface area (Å²) in [5.74, 6) is -0.148. The topological polar surface area (TPSA) is 58.3 Å². The summed E-state index contributed by atoms with van der Waals surface area (Å²) in [5.41, 5.74) is 6.58. The first-order valence-corrected chi connectivity index (χ1v) is 5.63. The van der Waals surface area contributed by atoms with Gasteiger partial charge in [0.05, 0.1) is 0 Å². The molecular weight excluding hydrogens is 207 g/mol. The maximum absolute atomic E-state index is 13.6. The highest BCUT2D eigenvalue weighted by Crippen LogP contribution is 2.29. The van der Waals surface area contributed by atoms with Crippen molar-refractivity contribution in [3.05, 3.63) is 29.6 Å². The lowest BCUT2D eigenvalue weighted by atomic mass is 9.86. The van der Waals surface area contributed by atoms with E-state index in [1.165, 1.54) is 6.07 Å². The number of aromatic hydroxyl groups is 1. The van der Waals surface area contributed by atoms with Gasteiger partial charge in [-0.05, 0) is 37.9 Å². The van der Waals surface area contributed by atoms with Gasteiger partial charge in [-0.3, -0.25) is 0 Å². The second kappa shape index (κ2) is 4.80. The zero-order chi connectivity index (χ0) is 11.5. The monoisotopic (exact) mass is 224 g/mol. The minimum absolute atomic E-state index is 0.0567. The molecule has 1 aromatic carbocycles. The Labute approximate surface area is 94.5 Å². The maximum Gasteiger partial charge on any atom is 0.131 e. The van der Waals surface area contributed by atoms with E-state index in [9.17, 15) is 4.39 Å². The van der Waals surface area contributed by atoms with Gasteiger partial charge in [-0.25, -0.2) is 4.39 Å². The van der Waals surface area contributed by atoms with Crippen molar-refractivity contribution in [2.45, 2.75) is 18.9 Å². The molecule has 1 aliphatic rings. The summed E-state index contributed by atoms with van der Waals surface area (Å²) in [7, 11) is 0. The lowest BCUT2D eigenvalue weighted by Crippen LogP contribution is -2.34. The lowest BCUT2D eigenvalue weighted by Gasteiger charge is -2.28. The molecule has 0 bridgehead atoms. The maximum atomic E-state index is 13.6. The van der Waals surface area contributed by atoms with Gasteiger partial charge in [-0.15, -0.1) is 0 Å². The fourth-order valence-corrected chi connectivity index (χ4v) is 2.24. The first-order chi connectivity index (χ1) is 7.68. The number of phenolic OH excluding ortho intramolecular Hbond substituents is 1. The van der Waals surface area contributed by atoms with Gasteiger partial charge in [0.2, 0.25) is 0 Å². The van der Waals surface area contributed by atoms with Crippen LogP contribution in [0.4, 0.5) is 4.39 Å². The predicted molar refractivity (Wildman–Crippen MR) is 60.6 cm³/mol. The average molecular weight is 224 g/mol. The van der Waals surface area contributed by atoms with E-state index in [1.54, 1.807) is 6.07 Å². The van der Waals surface area contributed by atoms with Crippen molar-refractivity contribution in [2.75, 3.05) is 13.1 Å². The molecule has 1 aliphatic heterocycles. The van der Waals surface area contributed by atoms with E-state index in [0.717, 1.165) is 32.0 Å². The summed E-state index contributed by atoms with van der Waals surface area (Å²) >= 11 is 0. The Morgan fingerprint density at radius 2 is 2.06 bits per heavy atom. The van der Waals surface area contributed by atoms with Gasteiger partial charge in [0.15, 0.2) is 0 Å². The van der Waals surface area contributed by atoms with Gasteiger partial charge in [0.25, 0.3) is 0 Å². The molecule has 1 atom stereocenters. The molecule has 1 aromatic rings. The zero-order valence-electron chi connectivity index (χ0n) is 9.12. The van der Waals surface area contributed by atoms with Crippen molar-refractivity contribution in [3.63, 3.8) is 0 Å². The van der Waals surface area contributed by atoms with E-state index in [1.807, 2.05) is 0 Å². The van der Waals surface area contributed by atoms with E-state index in [-0.39, 0.29) is 11.8 Å². The van der Waals surface area contributed by atoms with Gasteiger partial charge in [0, 0.05) is 17.7 Å². The molecule has 0 radical (unpaired) electrons. The Bertz CT molecular complexity index is 364. The molecule has 0 aromatic heterocycles. The third-order valence-electron chi connectivity index (χ3n) is 3.23. The highest BCUT2D eigenvalue weighted by Gasteiger charge is 2.23. The van der Waals surface area contributed by atoms with Crippen LogP contribution < -0.4 is 11.1 Å². The number of hydrogen-bond donors (Lipinski definition) is 3. The highest BCUT2D eigenvalue weighted by molar-refractivity contribution is 5.30. The number of rotatable bonds is 2. The number of halogens is 1. The Hall–Kier alpha value is -1.13. The highest BCUT2D eigenvalue weighted by atomic mass is 19.1. The smallest absolute Gasteiger partial charge is 0.131 e. The second-order valence-electron chi connectivity index (χ2n) is 4.32. The van der Waals surface area contributed by atoms with Gasteiger partial charge in [-0.2, -0.15) is 0 Å². The average Bonchev–Trinajstić information content (AvgIpc) is 2.29. The SMILES string of the molecule is N[C@@H](c1ccc(O)cc1F)C1CCNCC1. The van der Waals surface area contributed by atoms with Crippen molar-refractivity contribution in [1.82, 2.24) is 5.32 Å². The van der Waals surface area contributed by atoms with E-state index in [0.29, 0.717) is 11.5 Å². The lowest BCUT2D eigenvalue weighted by molar-refractivity contribution is 0.316. The largest absolute Gasteiger partial charge is 0.508 e. The molecule has 0 saturated carbocycles. The Balaban J connectivity index is 2.15. The molecule has 0 spiro atoms. The Kier molecular flexibility index (Phi) is 3.41. The van der Waals surface area contributed by atoms with Crippen molar-refractivity contribution in [3.8, 4) is 5.75 Å². The second-order valence-corrected chi connectivity index (χ2v) is 4.32. The number of benzene rings is 1. The molecule has 4 heteroatoms. The van der Waals surface area contributed by atoms with Gasteiger partial charge >= 0.3 is 0 Å². The number of nitrogens with one attached hydrogen (secondary N) is 1. The standard InChI is InChI=1S/C12H17FN2O/c13-11-7-9(16)1-2-10(11)12(14)8-3-5-15-6-4-8/h1-2,7-8,12,15-16H,3-6,14H2/t12-/m1/s1. The Morgan fingerprint density at radius 3 is 2.69 bits per heavy atom. The van der Waals surface area contributed by atoms with Gasteiger partial charge in [0.1, 0.15) is 11.6 Å². The van der Waals surface area contributed by atoms with E-state index in [4.69, 9.17) is 10.8 Å². The van der Waals surface area contributed by atoms with Crippen LogP contribution in [0.1, 0.15) is 24.4 Å². The van der Waals surface area contributed by atoms with Crippen LogP contribution in [0.5, 0.6) is 5.75 Å². The molecule has 3 nitrogen and oxygen atoms in total. The summed E-state index contributed by atoms with van der Waals surface area (Å²) < 4.78 is 13.6. The summed E-state index contributed by atoms with van der Waals surface area (Å²) in [6, 6.07) is 3.91. The fraction of sp³-hybridized carbons (Fsp3) is 0.500. The first kappa shape index (κ1) is 11.4. The molecule has 0 amide bonds. The summed E-state index contributed by atoms with van der Waals surface area (Å²) in [5, 5.41) is 12.4. The minimum atomic E-state index is -0.411. The number of phenols is 1. The molecular formula is C12H17FN2O. The van der Waals surface area contributed by atoms with Crippen LogP contribution >= 0.6 is 0 Å². The number of piperidine rings is 1. The normalized spacial score (nSPS) is 19.6. The van der Waals surface area contributed by atoms with Crippen LogP contribution in [0.15, 0.2) is 18.2 Å². The molecule has 4 N–H and O–H groups in total. The molecule has 2 rings (SSSR count). The van der Waals surface area contributed by atoms with E-state index < -0.39 is 5.82 Å². The molecule has 1 saturated heterocycles. The van der Waals surface area contributed by atoms with Crippen molar-refractivity contribution in [2.24, 2.45) is 11.7 Å². The third-order valence-corrected chi connectivity index (χ3v) is 3.23. The third kappa shape index (κ3) is 2.33. The van der Waals surface area contributed by atoms with Crippen molar-refractivity contribution < 1.29 is 9.50 Å². The molecule has 0 unspecified atom stereocenters. The molecule has 0 aliphatic carbocycles. The van der Waals surface area contributed by atoms with Crippen LogP contribution in [0.3, 0.4) is 0 Å². The zero-order valence-corrected chi connectivity index (χ0v) is 9.12. The van der Waals surface area contributed by atoms with Crippen LogP contribution in [0.2, 0.25) is 0 Å².